The van der Waals surface area contributed by atoms with Crippen molar-refractivity contribution in [1.29, 1.82) is 0 Å². The number of nitrogens with one attached hydrogen (secondary N) is 1. The minimum Gasteiger partial charge on any atom is -0.484 e. The zero-order chi connectivity index (χ0) is 17.7. The maximum absolute atomic E-state index is 12.5. The first-order valence-corrected chi connectivity index (χ1v) is 8.44. The molecule has 0 bridgehead atoms. The second-order valence-corrected chi connectivity index (χ2v) is 6.47. The summed E-state index contributed by atoms with van der Waals surface area (Å²) in [5.41, 5.74) is 6.89. The van der Waals surface area contributed by atoms with Crippen LogP contribution >= 0.6 is 0 Å². The number of amides is 2. The van der Waals surface area contributed by atoms with Gasteiger partial charge in [-0.2, -0.15) is 0 Å². The average molecular weight is 338 g/mol. The van der Waals surface area contributed by atoms with Gasteiger partial charge in [-0.3, -0.25) is 9.59 Å². The van der Waals surface area contributed by atoms with Gasteiger partial charge >= 0.3 is 0 Å². The standard InChI is InChI=1S/C20H22N2O3/c21-18(23)13-25-17-9-4-6-15(12-17)19(24)22-14-20(10-5-11-20)16-7-2-1-3-8-16/h1-4,6-9,12H,5,10-11,13-14H2,(H2,21,23)(H,22,24). The number of ether oxygens (including phenoxy) is 1. The summed E-state index contributed by atoms with van der Waals surface area (Å²) in [6, 6.07) is 17.1. The smallest absolute Gasteiger partial charge is 0.255 e. The Hall–Kier alpha value is -2.82. The van der Waals surface area contributed by atoms with Crippen LogP contribution in [-0.4, -0.2) is 25.0 Å². The zero-order valence-electron chi connectivity index (χ0n) is 14.0. The fourth-order valence-corrected chi connectivity index (χ4v) is 3.20. The molecule has 5 heteroatoms. The summed E-state index contributed by atoms with van der Waals surface area (Å²) in [7, 11) is 0. The third-order valence-corrected chi connectivity index (χ3v) is 4.76. The Bertz CT molecular complexity index is 755. The van der Waals surface area contributed by atoms with Crippen LogP contribution in [0.25, 0.3) is 0 Å². The number of primary amides is 1. The van der Waals surface area contributed by atoms with Crippen molar-refractivity contribution in [2.75, 3.05) is 13.2 Å². The van der Waals surface area contributed by atoms with Crippen LogP contribution in [0.4, 0.5) is 0 Å². The first kappa shape index (κ1) is 17.0. The van der Waals surface area contributed by atoms with E-state index in [1.54, 1.807) is 24.3 Å². The summed E-state index contributed by atoms with van der Waals surface area (Å²) < 4.78 is 5.25. The van der Waals surface area contributed by atoms with Crippen LogP contribution in [0.15, 0.2) is 54.6 Å². The Morgan fingerprint density at radius 3 is 2.48 bits per heavy atom. The predicted octanol–water partition coefficient (Wildman–Crippen LogP) is 2.40. The van der Waals surface area contributed by atoms with Crippen molar-refractivity contribution >= 4 is 11.8 Å². The Morgan fingerprint density at radius 2 is 1.84 bits per heavy atom. The fraction of sp³-hybridized carbons (Fsp3) is 0.300. The predicted molar refractivity (Wildman–Crippen MR) is 95.4 cm³/mol. The molecule has 1 saturated carbocycles. The summed E-state index contributed by atoms with van der Waals surface area (Å²) in [6.45, 7) is 0.407. The van der Waals surface area contributed by atoms with Gasteiger partial charge in [0.15, 0.2) is 6.61 Å². The summed E-state index contributed by atoms with van der Waals surface area (Å²) >= 11 is 0. The molecule has 0 aromatic heterocycles. The number of hydrogen-bond donors (Lipinski definition) is 2. The lowest BCUT2D eigenvalue weighted by Crippen LogP contribution is -2.45. The molecule has 0 aliphatic heterocycles. The summed E-state index contributed by atoms with van der Waals surface area (Å²) in [5, 5.41) is 3.05. The lowest BCUT2D eigenvalue weighted by atomic mass is 9.64. The maximum Gasteiger partial charge on any atom is 0.255 e. The lowest BCUT2D eigenvalue weighted by Gasteiger charge is -2.42. The molecule has 2 aromatic carbocycles. The Kier molecular flexibility index (Phi) is 5.03. The van der Waals surface area contributed by atoms with Gasteiger partial charge in [-0.1, -0.05) is 42.8 Å². The van der Waals surface area contributed by atoms with Crippen molar-refractivity contribution in [3.05, 3.63) is 65.7 Å². The van der Waals surface area contributed by atoms with E-state index in [0.29, 0.717) is 17.9 Å². The molecular weight excluding hydrogens is 316 g/mol. The van der Waals surface area contributed by atoms with E-state index in [1.807, 2.05) is 18.2 Å². The van der Waals surface area contributed by atoms with Gasteiger partial charge in [0.25, 0.3) is 11.8 Å². The van der Waals surface area contributed by atoms with E-state index in [1.165, 1.54) is 12.0 Å². The molecule has 2 aromatic rings. The van der Waals surface area contributed by atoms with Crippen LogP contribution in [0.3, 0.4) is 0 Å². The van der Waals surface area contributed by atoms with Crippen molar-refractivity contribution in [1.82, 2.24) is 5.32 Å². The highest BCUT2D eigenvalue weighted by molar-refractivity contribution is 5.94. The lowest BCUT2D eigenvalue weighted by molar-refractivity contribution is -0.119. The molecule has 130 valence electrons. The highest BCUT2D eigenvalue weighted by atomic mass is 16.5. The molecule has 0 atom stereocenters. The second-order valence-electron chi connectivity index (χ2n) is 6.47. The molecule has 1 fully saturated rings. The van der Waals surface area contributed by atoms with Crippen LogP contribution in [0, 0.1) is 0 Å². The number of nitrogens with two attached hydrogens (primary N) is 1. The topological polar surface area (TPSA) is 81.4 Å². The van der Waals surface area contributed by atoms with E-state index in [-0.39, 0.29) is 17.9 Å². The monoisotopic (exact) mass is 338 g/mol. The minimum atomic E-state index is -0.551. The number of carbonyl (C=O) groups is 2. The third-order valence-electron chi connectivity index (χ3n) is 4.76. The quantitative estimate of drug-likeness (QED) is 0.813. The van der Waals surface area contributed by atoms with Crippen LogP contribution < -0.4 is 15.8 Å². The van der Waals surface area contributed by atoms with Crippen molar-refractivity contribution < 1.29 is 14.3 Å². The van der Waals surface area contributed by atoms with Crippen molar-refractivity contribution in [3.8, 4) is 5.75 Å². The molecule has 3 rings (SSSR count). The van der Waals surface area contributed by atoms with Gasteiger partial charge < -0.3 is 15.8 Å². The average Bonchev–Trinajstić information content (AvgIpc) is 2.60. The molecule has 0 radical (unpaired) electrons. The van der Waals surface area contributed by atoms with Crippen LogP contribution in [0.2, 0.25) is 0 Å². The zero-order valence-corrected chi connectivity index (χ0v) is 14.0. The third kappa shape index (κ3) is 3.99. The fourth-order valence-electron chi connectivity index (χ4n) is 3.20. The van der Waals surface area contributed by atoms with E-state index < -0.39 is 5.91 Å². The van der Waals surface area contributed by atoms with Crippen LogP contribution in [0.5, 0.6) is 5.75 Å². The van der Waals surface area contributed by atoms with Crippen molar-refractivity contribution in [2.45, 2.75) is 24.7 Å². The molecule has 0 saturated heterocycles. The Morgan fingerprint density at radius 1 is 1.08 bits per heavy atom. The van der Waals surface area contributed by atoms with E-state index in [9.17, 15) is 9.59 Å². The van der Waals surface area contributed by atoms with E-state index in [4.69, 9.17) is 10.5 Å². The van der Waals surface area contributed by atoms with Gasteiger partial charge in [-0.05, 0) is 36.6 Å². The molecule has 0 unspecified atom stereocenters. The van der Waals surface area contributed by atoms with Gasteiger partial charge in [0.05, 0.1) is 0 Å². The first-order valence-electron chi connectivity index (χ1n) is 8.44. The van der Waals surface area contributed by atoms with Gasteiger partial charge in [0.2, 0.25) is 0 Å². The summed E-state index contributed by atoms with van der Waals surface area (Å²) in [5.74, 6) is -0.246. The molecule has 1 aliphatic carbocycles. The summed E-state index contributed by atoms with van der Waals surface area (Å²) in [6.07, 6.45) is 3.35. The highest BCUT2D eigenvalue weighted by Gasteiger charge is 2.38. The number of carbonyl (C=O) groups excluding carboxylic acids is 2. The molecule has 25 heavy (non-hydrogen) atoms. The van der Waals surface area contributed by atoms with Crippen molar-refractivity contribution in [3.63, 3.8) is 0 Å². The van der Waals surface area contributed by atoms with Gasteiger partial charge in [0, 0.05) is 17.5 Å². The summed E-state index contributed by atoms with van der Waals surface area (Å²) in [4.78, 5) is 23.3. The van der Waals surface area contributed by atoms with E-state index >= 15 is 0 Å². The first-order chi connectivity index (χ1) is 12.1. The molecule has 0 heterocycles. The van der Waals surface area contributed by atoms with Crippen molar-refractivity contribution in [2.24, 2.45) is 5.73 Å². The number of benzene rings is 2. The SMILES string of the molecule is NC(=O)COc1cccc(C(=O)NCC2(c3ccccc3)CCC2)c1. The van der Waals surface area contributed by atoms with E-state index in [2.05, 4.69) is 17.4 Å². The molecule has 1 aliphatic rings. The van der Waals surface area contributed by atoms with Gasteiger partial charge in [-0.25, -0.2) is 0 Å². The van der Waals surface area contributed by atoms with Gasteiger partial charge in [0.1, 0.15) is 5.75 Å². The number of rotatable bonds is 7. The van der Waals surface area contributed by atoms with Gasteiger partial charge in [-0.15, -0.1) is 0 Å². The number of hydrogen-bond acceptors (Lipinski definition) is 3. The minimum absolute atomic E-state index is 0.0387. The second kappa shape index (κ2) is 7.38. The molecule has 2 amide bonds. The Labute approximate surface area is 147 Å². The molecule has 5 nitrogen and oxygen atoms in total. The Balaban J connectivity index is 1.64. The van der Waals surface area contributed by atoms with Crippen LogP contribution in [-0.2, 0) is 10.2 Å². The van der Waals surface area contributed by atoms with E-state index in [0.717, 1.165) is 12.8 Å². The highest BCUT2D eigenvalue weighted by Crippen LogP contribution is 2.43. The largest absolute Gasteiger partial charge is 0.484 e. The molecule has 0 spiro atoms. The maximum atomic E-state index is 12.5. The molecular formula is C20H22N2O3. The normalized spacial score (nSPS) is 15.0. The van der Waals surface area contributed by atoms with Crippen LogP contribution in [0.1, 0.15) is 35.2 Å². The molecule has 3 N–H and O–H groups in total.